The molecule has 0 amide bonds. The molecule has 1 heterocycles. The van der Waals surface area contributed by atoms with Crippen LogP contribution in [0.4, 0.5) is 0 Å². The maximum Gasteiger partial charge on any atom is 0.0406 e. The summed E-state index contributed by atoms with van der Waals surface area (Å²) in [7, 11) is 0. The van der Waals surface area contributed by atoms with Crippen molar-refractivity contribution in [2.24, 2.45) is 5.73 Å². The van der Waals surface area contributed by atoms with Gasteiger partial charge >= 0.3 is 0 Å². The standard InChI is InChI=1S/C14H16ClNS2/c15-12-2-5-14(6-3-12)18-10-13(16)4-1-11-7-8-17-9-11/h2-3,5-9,13H,1,4,10,16H2. The third-order valence-electron chi connectivity index (χ3n) is 2.66. The Hall–Kier alpha value is -0.480. The zero-order chi connectivity index (χ0) is 12.8. The van der Waals surface area contributed by atoms with Crippen molar-refractivity contribution in [1.29, 1.82) is 0 Å². The Labute approximate surface area is 121 Å². The first-order chi connectivity index (χ1) is 8.74. The Balaban J connectivity index is 1.71. The molecule has 0 fully saturated rings. The lowest BCUT2D eigenvalue weighted by atomic mass is 10.1. The molecule has 0 aliphatic rings. The van der Waals surface area contributed by atoms with Crippen molar-refractivity contribution in [2.75, 3.05) is 5.75 Å². The third-order valence-corrected chi connectivity index (χ3v) is 4.85. The van der Waals surface area contributed by atoms with Gasteiger partial charge in [-0.3, -0.25) is 0 Å². The number of benzene rings is 1. The molecule has 1 aromatic heterocycles. The quantitative estimate of drug-likeness (QED) is 0.797. The van der Waals surface area contributed by atoms with E-state index in [1.54, 1.807) is 23.1 Å². The topological polar surface area (TPSA) is 26.0 Å². The van der Waals surface area contributed by atoms with Gasteiger partial charge in [-0.25, -0.2) is 0 Å². The van der Waals surface area contributed by atoms with Crippen molar-refractivity contribution >= 4 is 34.7 Å². The Morgan fingerprint density at radius 2 is 2.00 bits per heavy atom. The molecule has 1 aromatic carbocycles. The number of rotatable bonds is 6. The van der Waals surface area contributed by atoms with Crippen LogP contribution in [0.15, 0.2) is 46.0 Å². The van der Waals surface area contributed by atoms with Gasteiger partial charge in [0, 0.05) is 21.7 Å². The highest BCUT2D eigenvalue weighted by Gasteiger charge is 2.04. The summed E-state index contributed by atoms with van der Waals surface area (Å²) in [5, 5.41) is 5.09. The predicted molar refractivity (Wildman–Crippen MR) is 82.8 cm³/mol. The largest absolute Gasteiger partial charge is 0.327 e. The number of thiophene rings is 1. The highest BCUT2D eigenvalue weighted by Crippen LogP contribution is 2.21. The first-order valence-electron chi connectivity index (χ1n) is 5.89. The summed E-state index contributed by atoms with van der Waals surface area (Å²) in [5.41, 5.74) is 7.52. The Kier molecular flexibility index (Phi) is 5.57. The van der Waals surface area contributed by atoms with E-state index < -0.39 is 0 Å². The van der Waals surface area contributed by atoms with Gasteiger partial charge in [0.15, 0.2) is 0 Å². The van der Waals surface area contributed by atoms with Gasteiger partial charge in [0.05, 0.1) is 0 Å². The molecule has 0 bridgehead atoms. The zero-order valence-corrected chi connectivity index (χ0v) is 12.4. The maximum atomic E-state index is 6.12. The fourth-order valence-corrected chi connectivity index (χ4v) is 3.34. The first kappa shape index (κ1) is 13.9. The van der Waals surface area contributed by atoms with Crippen molar-refractivity contribution in [1.82, 2.24) is 0 Å². The summed E-state index contributed by atoms with van der Waals surface area (Å²) >= 11 is 9.39. The van der Waals surface area contributed by atoms with Gasteiger partial charge in [-0.15, -0.1) is 11.8 Å². The van der Waals surface area contributed by atoms with E-state index in [9.17, 15) is 0 Å². The second kappa shape index (κ2) is 7.19. The highest BCUT2D eigenvalue weighted by molar-refractivity contribution is 7.99. The number of aryl methyl sites for hydroxylation is 1. The van der Waals surface area contributed by atoms with Crippen LogP contribution < -0.4 is 5.73 Å². The second-order valence-electron chi connectivity index (χ2n) is 4.20. The fraction of sp³-hybridized carbons (Fsp3) is 0.286. The Bertz CT molecular complexity index is 453. The van der Waals surface area contributed by atoms with Crippen molar-refractivity contribution in [2.45, 2.75) is 23.8 Å². The van der Waals surface area contributed by atoms with Gasteiger partial charge in [-0.1, -0.05) is 11.6 Å². The van der Waals surface area contributed by atoms with E-state index in [1.165, 1.54) is 10.5 Å². The summed E-state index contributed by atoms with van der Waals surface area (Å²) < 4.78 is 0. The SMILES string of the molecule is NC(CCc1ccsc1)CSc1ccc(Cl)cc1. The molecule has 1 nitrogen and oxygen atoms in total. The molecule has 1 unspecified atom stereocenters. The molecule has 0 aliphatic carbocycles. The lowest BCUT2D eigenvalue weighted by Gasteiger charge is -2.10. The molecular formula is C14H16ClNS2. The fourth-order valence-electron chi connectivity index (χ4n) is 1.60. The summed E-state index contributed by atoms with van der Waals surface area (Å²) in [6.45, 7) is 0. The van der Waals surface area contributed by atoms with Crippen molar-refractivity contribution in [3.8, 4) is 0 Å². The molecule has 96 valence electrons. The summed E-state index contributed by atoms with van der Waals surface area (Å²) in [4.78, 5) is 1.23. The number of thioether (sulfide) groups is 1. The van der Waals surface area contributed by atoms with Crippen LogP contribution in [0.2, 0.25) is 5.02 Å². The summed E-state index contributed by atoms with van der Waals surface area (Å²) in [6, 6.07) is 10.3. The Morgan fingerprint density at radius 1 is 1.22 bits per heavy atom. The highest BCUT2D eigenvalue weighted by atomic mass is 35.5. The van der Waals surface area contributed by atoms with E-state index in [0.717, 1.165) is 23.6 Å². The molecule has 0 saturated carbocycles. The van der Waals surface area contributed by atoms with Gasteiger partial charge in [-0.05, 0) is 59.5 Å². The number of hydrogen-bond acceptors (Lipinski definition) is 3. The minimum Gasteiger partial charge on any atom is -0.327 e. The molecule has 4 heteroatoms. The third kappa shape index (κ3) is 4.65. The van der Waals surface area contributed by atoms with Crippen LogP contribution >= 0.6 is 34.7 Å². The molecule has 1 atom stereocenters. The number of nitrogens with two attached hydrogens (primary N) is 1. The van der Waals surface area contributed by atoms with Gasteiger partial charge in [0.1, 0.15) is 0 Å². The molecular weight excluding hydrogens is 282 g/mol. The van der Waals surface area contributed by atoms with Gasteiger partial charge in [0.25, 0.3) is 0 Å². The van der Waals surface area contributed by atoms with Crippen LogP contribution in [0.1, 0.15) is 12.0 Å². The monoisotopic (exact) mass is 297 g/mol. The van der Waals surface area contributed by atoms with E-state index >= 15 is 0 Å². The summed E-state index contributed by atoms with van der Waals surface area (Å²) in [6.07, 6.45) is 2.11. The van der Waals surface area contributed by atoms with Gasteiger partial charge in [-0.2, -0.15) is 11.3 Å². The molecule has 0 aliphatic heterocycles. The van der Waals surface area contributed by atoms with E-state index in [-0.39, 0.29) is 6.04 Å². The molecule has 2 aromatic rings. The van der Waals surface area contributed by atoms with E-state index in [1.807, 2.05) is 24.3 Å². The van der Waals surface area contributed by atoms with Crippen molar-refractivity contribution in [3.63, 3.8) is 0 Å². The van der Waals surface area contributed by atoms with Crippen LogP contribution in [0.25, 0.3) is 0 Å². The van der Waals surface area contributed by atoms with E-state index in [4.69, 9.17) is 17.3 Å². The molecule has 0 radical (unpaired) electrons. The average Bonchev–Trinajstić information content (AvgIpc) is 2.89. The minimum absolute atomic E-state index is 0.241. The van der Waals surface area contributed by atoms with Gasteiger partial charge < -0.3 is 5.73 Å². The van der Waals surface area contributed by atoms with E-state index in [2.05, 4.69) is 16.8 Å². The molecule has 2 rings (SSSR count). The number of halogens is 1. The average molecular weight is 298 g/mol. The molecule has 2 N–H and O–H groups in total. The summed E-state index contributed by atoms with van der Waals surface area (Å²) in [5.74, 6) is 0.950. The lowest BCUT2D eigenvalue weighted by Crippen LogP contribution is -2.23. The first-order valence-corrected chi connectivity index (χ1v) is 8.19. The zero-order valence-electron chi connectivity index (χ0n) is 10.0. The maximum absolute atomic E-state index is 6.12. The second-order valence-corrected chi connectivity index (χ2v) is 6.51. The van der Waals surface area contributed by atoms with Crippen LogP contribution in [-0.2, 0) is 6.42 Å². The normalized spacial score (nSPS) is 12.6. The Morgan fingerprint density at radius 3 is 2.67 bits per heavy atom. The minimum atomic E-state index is 0.241. The van der Waals surface area contributed by atoms with E-state index in [0.29, 0.717) is 0 Å². The van der Waals surface area contributed by atoms with Crippen LogP contribution in [0.3, 0.4) is 0 Å². The predicted octanol–water partition coefficient (Wildman–Crippen LogP) is 4.45. The van der Waals surface area contributed by atoms with Gasteiger partial charge in [0.2, 0.25) is 0 Å². The molecule has 0 saturated heterocycles. The van der Waals surface area contributed by atoms with Crippen LogP contribution in [0.5, 0.6) is 0 Å². The van der Waals surface area contributed by atoms with Crippen LogP contribution in [-0.4, -0.2) is 11.8 Å². The lowest BCUT2D eigenvalue weighted by molar-refractivity contribution is 0.675. The number of hydrogen-bond donors (Lipinski definition) is 1. The van der Waals surface area contributed by atoms with Crippen molar-refractivity contribution < 1.29 is 0 Å². The van der Waals surface area contributed by atoms with Crippen molar-refractivity contribution in [3.05, 3.63) is 51.7 Å². The molecule has 18 heavy (non-hydrogen) atoms. The smallest absolute Gasteiger partial charge is 0.0406 e. The molecule has 0 spiro atoms. The van der Waals surface area contributed by atoms with Crippen LogP contribution in [0, 0.1) is 0 Å².